The number of anilines is 1. The van der Waals surface area contributed by atoms with Crippen LogP contribution in [-0.2, 0) is 11.2 Å². The van der Waals surface area contributed by atoms with Gasteiger partial charge in [-0.2, -0.15) is 0 Å². The van der Waals surface area contributed by atoms with Crippen LogP contribution in [0, 0.1) is 0 Å². The maximum Gasteiger partial charge on any atom is 0.239 e. The number of rotatable bonds is 4. The maximum atomic E-state index is 12.5. The molecule has 23 heavy (non-hydrogen) atoms. The summed E-state index contributed by atoms with van der Waals surface area (Å²) in [6.45, 7) is 2.97. The van der Waals surface area contributed by atoms with Gasteiger partial charge >= 0.3 is 0 Å². The lowest BCUT2D eigenvalue weighted by molar-refractivity contribution is -0.132. The fraction of sp³-hybridized carbons (Fsp3) is 0.333. The van der Waals surface area contributed by atoms with Crippen LogP contribution in [-0.4, -0.2) is 48.0 Å². The van der Waals surface area contributed by atoms with Crippen LogP contribution in [0.5, 0.6) is 0 Å². The van der Waals surface area contributed by atoms with E-state index in [-0.39, 0.29) is 5.91 Å². The molecule has 120 valence electrons. The lowest BCUT2D eigenvalue weighted by atomic mass is 10.1. The van der Waals surface area contributed by atoms with E-state index in [2.05, 4.69) is 9.88 Å². The SMILES string of the molecule is N[C@H](Cc1ccccc1)C(=O)N1CCN(c2ccccn2)CC1. The highest BCUT2D eigenvalue weighted by Crippen LogP contribution is 2.13. The van der Waals surface area contributed by atoms with Gasteiger partial charge in [-0.1, -0.05) is 36.4 Å². The maximum absolute atomic E-state index is 12.5. The van der Waals surface area contributed by atoms with Crippen LogP contribution in [0.1, 0.15) is 5.56 Å². The molecule has 1 aromatic carbocycles. The lowest BCUT2D eigenvalue weighted by Gasteiger charge is -2.36. The number of benzene rings is 1. The van der Waals surface area contributed by atoms with Crippen molar-refractivity contribution in [3.05, 3.63) is 60.3 Å². The first-order valence-corrected chi connectivity index (χ1v) is 7.98. The Morgan fingerprint density at radius 1 is 1.04 bits per heavy atom. The van der Waals surface area contributed by atoms with Gasteiger partial charge in [-0.3, -0.25) is 4.79 Å². The van der Waals surface area contributed by atoms with Crippen molar-refractivity contribution in [2.75, 3.05) is 31.1 Å². The Bertz CT molecular complexity index is 624. The van der Waals surface area contributed by atoms with Crippen molar-refractivity contribution in [3.8, 4) is 0 Å². The minimum Gasteiger partial charge on any atom is -0.353 e. The second-order valence-corrected chi connectivity index (χ2v) is 5.80. The molecule has 1 atom stereocenters. The Balaban J connectivity index is 1.54. The average molecular weight is 310 g/mol. The molecule has 0 aliphatic carbocycles. The number of nitrogens with zero attached hydrogens (tertiary/aromatic N) is 3. The molecule has 1 saturated heterocycles. The minimum absolute atomic E-state index is 0.0366. The highest BCUT2D eigenvalue weighted by atomic mass is 16.2. The molecular weight excluding hydrogens is 288 g/mol. The molecule has 2 heterocycles. The molecule has 0 bridgehead atoms. The molecule has 1 aromatic heterocycles. The molecule has 0 radical (unpaired) electrons. The van der Waals surface area contributed by atoms with Crippen molar-refractivity contribution < 1.29 is 4.79 Å². The quantitative estimate of drug-likeness (QED) is 0.924. The van der Waals surface area contributed by atoms with Crippen molar-refractivity contribution >= 4 is 11.7 Å². The van der Waals surface area contributed by atoms with Crippen molar-refractivity contribution in [2.45, 2.75) is 12.5 Å². The normalized spacial score (nSPS) is 16.2. The third-order valence-electron chi connectivity index (χ3n) is 4.18. The Hall–Kier alpha value is -2.40. The summed E-state index contributed by atoms with van der Waals surface area (Å²) >= 11 is 0. The van der Waals surface area contributed by atoms with Crippen LogP contribution in [0.3, 0.4) is 0 Å². The largest absolute Gasteiger partial charge is 0.353 e. The van der Waals surface area contributed by atoms with Gasteiger partial charge in [0, 0.05) is 32.4 Å². The van der Waals surface area contributed by atoms with Gasteiger partial charge in [0.05, 0.1) is 6.04 Å². The minimum atomic E-state index is -0.473. The van der Waals surface area contributed by atoms with Crippen LogP contribution >= 0.6 is 0 Å². The fourth-order valence-electron chi connectivity index (χ4n) is 2.89. The number of carbonyl (C=O) groups is 1. The zero-order chi connectivity index (χ0) is 16.1. The Morgan fingerprint density at radius 2 is 1.74 bits per heavy atom. The first-order valence-electron chi connectivity index (χ1n) is 7.98. The first-order chi connectivity index (χ1) is 11.2. The Labute approximate surface area is 136 Å². The molecule has 2 aromatic rings. The molecule has 1 aliphatic rings. The predicted molar refractivity (Wildman–Crippen MR) is 91.2 cm³/mol. The van der Waals surface area contributed by atoms with Crippen LogP contribution in [0.2, 0.25) is 0 Å². The third kappa shape index (κ3) is 3.87. The molecule has 5 nitrogen and oxygen atoms in total. The molecule has 5 heteroatoms. The number of amides is 1. The number of piperazine rings is 1. The first kappa shape index (κ1) is 15.5. The van der Waals surface area contributed by atoms with Gasteiger partial charge in [0.25, 0.3) is 0 Å². The Kier molecular flexibility index (Phi) is 4.88. The summed E-state index contributed by atoms with van der Waals surface area (Å²) < 4.78 is 0. The summed E-state index contributed by atoms with van der Waals surface area (Å²) in [5.74, 6) is 1.00. The van der Waals surface area contributed by atoms with Crippen LogP contribution in [0.15, 0.2) is 54.7 Å². The van der Waals surface area contributed by atoms with Gasteiger partial charge in [-0.25, -0.2) is 4.98 Å². The van der Waals surface area contributed by atoms with Crippen molar-refractivity contribution in [3.63, 3.8) is 0 Å². The van der Waals surface area contributed by atoms with Gasteiger partial charge < -0.3 is 15.5 Å². The van der Waals surface area contributed by atoms with Crippen LogP contribution in [0.25, 0.3) is 0 Å². The third-order valence-corrected chi connectivity index (χ3v) is 4.18. The van der Waals surface area contributed by atoms with E-state index in [9.17, 15) is 4.79 Å². The average Bonchev–Trinajstić information content (AvgIpc) is 2.63. The molecule has 1 aliphatic heterocycles. The molecule has 0 unspecified atom stereocenters. The van der Waals surface area contributed by atoms with Crippen molar-refractivity contribution in [1.29, 1.82) is 0 Å². The number of nitrogens with two attached hydrogens (primary N) is 1. The molecular formula is C18H22N4O. The van der Waals surface area contributed by atoms with E-state index in [1.807, 2.05) is 53.4 Å². The zero-order valence-electron chi connectivity index (χ0n) is 13.1. The summed E-state index contributed by atoms with van der Waals surface area (Å²) in [5.41, 5.74) is 7.21. The number of hydrogen-bond acceptors (Lipinski definition) is 4. The smallest absolute Gasteiger partial charge is 0.239 e. The van der Waals surface area contributed by atoms with E-state index < -0.39 is 6.04 Å². The summed E-state index contributed by atoms with van der Waals surface area (Å²) in [6, 6.07) is 15.3. The van der Waals surface area contributed by atoms with Gasteiger partial charge in [0.2, 0.25) is 5.91 Å². The van der Waals surface area contributed by atoms with E-state index >= 15 is 0 Å². The van der Waals surface area contributed by atoms with E-state index in [4.69, 9.17) is 5.73 Å². The number of aromatic nitrogens is 1. The second-order valence-electron chi connectivity index (χ2n) is 5.80. The summed E-state index contributed by atoms with van der Waals surface area (Å²) in [4.78, 5) is 20.9. The van der Waals surface area contributed by atoms with Gasteiger partial charge in [0.1, 0.15) is 5.82 Å². The molecule has 0 saturated carbocycles. The molecule has 2 N–H and O–H groups in total. The zero-order valence-corrected chi connectivity index (χ0v) is 13.1. The lowest BCUT2D eigenvalue weighted by Crippen LogP contribution is -2.53. The summed E-state index contributed by atoms with van der Waals surface area (Å²) in [7, 11) is 0. The standard InChI is InChI=1S/C18H22N4O/c19-16(14-15-6-2-1-3-7-15)18(23)22-12-10-21(11-13-22)17-8-4-5-9-20-17/h1-9,16H,10-14,19H2/t16-/m1/s1. The van der Waals surface area contributed by atoms with E-state index in [1.165, 1.54) is 0 Å². The van der Waals surface area contributed by atoms with Gasteiger partial charge in [-0.05, 0) is 24.1 Å². The van der Waals surface area contributed by atoms with Gasteiger partial charge in [-0.15, -0.1) is 0 Å². The Morgan fingerprint density at radius 3 is 2.39 bits per heavy atom. The molecule has 1 amide bonds. The van der Waals surface area contributed by atoms with Crippen molar-refractivity contribution in [1.82, 2.24) is 9.88 Å². The summed E-state index contributed by atoms with van der Waals surface area (Å²) in [6.07, 6.45) is 2.38. The predicted octanol–water partition coefficient (Wildman–Crippen LogP) is 1.30. The highest BCUT2D eigenvalue weighted by Gasteiger charge is 2.25. The van der Waals surface area contributed by atoms with E-state index in [1.54, 1.807) is 6.20 Å². The van der Waals surface area contributed by atoms with E-state index in [0.29, 0.717) is 19.5 Å². The molecule has 1 fully saturated rings. The van der Waals surface area contributed by atoms with Gasteiger partial charge in [0.15, 0.2) is 0 Å². The number of carbonyl (C=O) groups excluding carboxylic acids is 1. The second kappa shape index (κ2) is 7.24. The molecule has 3 rings (SSSR count). The van der Waals surface area contributed by atoms with Crippen molar-refractivity contribution in [2.24, 2.45) is 5.73 Å². The summed E-state index contributed by atoms with van der Waals surface area (Å²) in [5, 5.41) is 0. The number of hydrogen-bond donors (Lipinski definition) is 1. The fourth-order valence-corrected chi connectivity index (χ4v) is 2.89. The topological polar surface area (TPSA) is 62.5 Å². The highest BCUT2D eigenvalue weighted by molar-refractivity contribution is 5.82. The monoisotopic (exact) mass is 310 g/mol. The van der Waals surface area contributed by atoms with Crippen LogP contribution < -0.4 is 10.6 Å². The number of pyridine rings is 1. The van der Waals surface area contributed by atoms with Crippen LogP contribution in [0.4, 0.5) is 5.82 Å². The molecule has 0 spiro atoms. The van der Waals surface area contributed by atoms with E-state index in [0.717, 1.165) is 24.5 Å².